The maximum Gasteiger partial charge on any atom is 0.259 e. The Hall–Kier alpha value is -2.12. The van der Waals surface area contributed by atoms with Crippen LogP contribution in [-0.4, -0.2) is 22.8 Å². The summed E-state index contributed by atoms with van der Waals surface area (Å²) in [4.78, 5) is 13.7. The normalized spacial score (nSPS) is 12.1. The average Bonchev–Trinajstić information content (AvgIpc) is 3.25. The molecule has 0 aliphatic rings. The number of carbonyl (C=O) groups excluding carboxylic acids is 1. The van der Waals surface area contributed by atoms with E-state index in [1.807, 2.05) is 34.3 Å². The fraction of sp³-hybridized carbons (Fsp3) is 0.200. The Morgan fingerprint density at radius 2 is 2.27 bits per heavy atom. The van der Waals surface area contributed by atoms with Crippen LogP contribution in [0.15, 0.2) is 40.5 Å². The number of methoxy groups -OCH3 is 1. The van der Waals surface area contributed by atoms with E-state index in [0.717, 1.165) is 10.4 Å². The predicted molar refractivity (Wildman–Crippen MR) is 87.7 cm³/mol. The highest BCUT2D eigenvalue weighted by molar-refractivity contribution is 7.10. The smallest absolute Gasteiger partial charge is 0.259 e. The van der Waals surface area contributed by atoms with Crippen molar-refractivity contribution < 1.29 is 9.53 Å². The van der Waals surface area contributed by atoms with Gasteiger partial charge in [0.2, 0.25) is 5.88 Å². The van der Waals surface area contributed by atoms with E-state index in [9.17, 15) is 4.79 Å². The van der Waals surface area contributed by atoms with Crippen molar-refractivity contribution in [3.63, 3.8) is 0 Å². The van der Waals surface area contributed by atoms with E-state index in [1.165, 1.54) is 7.11 Å². The van der Waals surface area contributed by atoms with Crippen LogP contribution in [0.2, 0.25) is 0 Å². The van der Waals surface area contributed by atoms with Crippen LogP contribution in [0.5, 0.6) is 5.88 Å². The number of rotatable bonds is 5. The van der Waals surface area contributed by atoms with Crippen molar-refractivity contribution in [2.75, 3.05) is 7.11 Å². The number of hydrogen-bond acceptors (Lipinski definition) is 5. The first-order valence-electron chi connectivity index (χ1n) is 6.63. The fourth-order valence-corrected chi connectivity index (χ4v) is 3.69. The summed E-state index contributed by atoms with van der Waals surface area (Å²) in [7, 11) is 3.27. The van der Waals surface area contributed by atoms with Gasteiger partial charge in [0.25, 0.3) is 5.91 Å². The number of aryl methyl sites for hydroxylation is 1. The van der Waals surface area contributed by atoms with Crippen LogP contribution in [0.25, 0.3) is 0 Å². The third-order valence-electron chi connectivity index (χ3n) is 3.21. The van der Waals surface area contributed by atoms with Crippen LogP contribution >= 0.6 is 22.7 Å². The predicted octanol–water partition coefficient (Wildman–Crippen LogP) is 3.07. The molecule has 1 atom stereocenters. The number of hydrogen-bond donors (Lipinski definition) is 1. The molecule has 0 unspecified atom stereocenters. The zero-order chi connectivity index (χ0) is 15.5. The molecule has 5 nitrogen and oxygen atoms in total. The summed E-state index contributed by atoms with van der Waals surface area (Å²) in [5.41, 5.74) is 1.51. The minimum Gasteiger partial charge on any atom is -0.479 e. The fourth-order valence-electron chi connectivity index (χ4n) is 2.20. The van der Waals surface area contributed by atoms with Gasteiger partial charge in [-0.2, -0.15) is 11.3 Å². The summed E-state index contributed by atoms with van der Waals surface area (Å²) in [5, 5.41) is 13.3. The number of ether oxygens (including phenoxy) is 1. The van der Waals surface area contributed by atoms with Gasteiger partial charge in [0.05, 0.1) is 13.2 Å². The first kappa shape index (κ1) is 14.8. The van der Waals surface area contributed by atoms with Crippen LogP contribution in [0.4, 0.5) is 0 Å². The zero-order valence-electron chi connectivity index (χ0n) is 12.1. The molecule has 7 heteroatoms. The molecule has 0 aromatic carbocycles. The Labute approximate surface area is 136 Å². The van der Waals surface area contributed by atoms with E-state index in [1.54, 1.807) is 40.6 Å². The zero-order valence-corrected chi connectivity index (χ0v) is 13.8. The van der Waals surface area contributed by atoms with Gasteiger partial charge in [0, 0.05) is 18.1 Å². The standard InChI is InChI=1S/C15H15N3O2S2/c1-18-8-11(15(17-18)20-2)14(19)16-13(10-5-7-21-9-10)12-4-3-6-22-12/h3-9,13H,1-2H3,(H,16,19)/t13-/m1/s1. The Kier molecular flexibility index (Phi) is 4.26. The van der Waals surface area contributed by atoms with E-state index >= 15 is 0 Å². The first-order chi connectivity index (χ1) is 10.7. The van der Waals surface area contributed by atoms with Crippen molar-refractivity contribution in [1.82, 2.24) is 15.1 Å². The molecule has 0 aliphatic heterocycles. The van der Waals surface area contributed by atoms with Gasteiger partial charge < -0.3 is 10.1 Å². The van der Waals surface area contributed by atoms with Crippen molar-refractivity contribution in [1.29, 1.82) is 0 Å². The summed E-state index contributed by atoms with van der Waals surface area (Å²) in [6.07, 6.45) is 1.66. The Bertz CT molecular complexity index is 714. The molecule has 0 radical (unpaired) electrons. The minimum absolute atomic E-state index is 0.163. The van der Waals surface area contributed by atoms with Crippen LogP contribution in [0.1, 0.15) is 26.8 Å². The summed E-state index contributed by atoms with van der Waals surface area (Å²) in [6, 6.07) is 5.86. The van der Waals surface area contributed by atoms with Gasteiger partial charge in [-0.3, -0.25) is 9.48 Å². The second kappa shape index (κ2) is 6.33. The monoisotopic (exact) mass is 333 g/mol. The van der Waals surface area contributed by atoms with Gasteiger partial charge in [0.15, 0.2) is 0 Å². The highest BCUT2D eigenvalue weighted by atomic mass is 32.1. The molecule has 0 aliphatic carbocycles. The molecule has 3 aromatic heterocycles. The van der Waals surface area contributed by atoms with E-state index in [2.05, 4.69) is 10.4 Å². The van der Waals surface area contributed by atoms with Crippen molar-refractivity contribution in [2.45, 2.75) is 6.04 Å². The third-order valence-corrected chi connectivity index (χ3v) is 4.85. The van der Waals surface area contributed by atoms with Crippen LogP contribution in [0, 0.1) is 0 Å². The molecule has 1 N–H and O–H groups in total. The van der Waals surface area contributed by atoms with Gasteiger partial charge in [-0.05, 0) is 33.8 Å². The first-order valence-corrected chi connectivity index (χ1v) is 8.45. The molecule has 0 fully saturated rings. The Balaban J connectivity index is 1.89. The highest BCUT2D eigenvalue weighted by Crippen LogP contribution is 2.28. The van der Waals surface area contributed by atoms with Gasteiger partial charge in [-0.15, -0.1) is 16.4 Å². The second-order valence-corrected chi connectivity index (χ2v) is 6.46. The van der Waals surface area contributed by atoms with Crippen molar-refractivity contribution in [3.8, 4) is 5.88 Å². The number of carbonyl (C=O) groups is 1. The topological polar surface area (TPSA) is 56.2 Å². The quantitative estimate of drug-likeness (QED) is 0.781. The van der Waals surface area contributed by atoms with Gasteiger partial charge >= 0.3 is 0 Å². The number of aromatic nitrogens is 2. The van der Waals surface area contributed by atoms with Gasteiger partial charge in [-0.25, -0.2) is 0 Å². The minimum atomic E-state index is -0.199. The van der Waals surface area contributed by atoms with Gasteiger partial charge in [-0.1, -0.05) is 6.07 Å². The molecule has 0 saturated carbocycles. The third kappa shape index (κ3) is 2.90. The van der Waals surface area contributed by atoms with E-state index in [0.29, 0.717) is 11.4 Å². The molecule has 1 amide bonds. The van der Waals surface area contributed by atoms with Crippen LogP contribution in [0.3, 0.4) is 0 Å². The molecule has 3 rings (SSSR count). The largest absolute Gasteiger partial charge is 0.479 e. The van der Waals surface area contributed by atoms with Crippen LogP contribution < -0.4 is 10.1 Å². The highest BCUT2D eigenvalue weighted by Gasteiger charge is 2.22. The Morgan fingerprint density at radius 3 is 2.91 bits per heavy atom. The average molecular weight is 333 g/mol. The second-order valence-electron chi connectivity index (χ2n) is 4.70. The molecule has 114 valence electrons. The molecule has 0 spiro atoms. The molecular weight excluding hydrogens is 318 g/mol. The maximum absolute atomic E-state index is 12.6. The molecular formula is C15H15N3O2S2. The number of thiophene rings is 2. The Morgan fingerprint density at radius 1 is 1.41 bits per heavy atom. The molecule has 22 heavy (non-hydrogen) atoms. The molecule has 0 saturated heterocycles. The maximum atomic E-state index is 12.6. The van der Waals surface area contributed by atoms with E-state index in [-0.39, 0.29) is 11.9 Å². The lowest BCUT2D eigenvalue weighted by Gasteiger charge is -2.16. The SMILES string of the molecule is COc1nn(C)cc1C(=O)N[C@H](c1ccsc1)c1cccs1. The van der Waals surface area contributed by atoms with Crippen LogP contribution in [-0.2, 0) is 7.05 Å². The van der Waals surface area contributed by atoms with E-state index < -0.39 is 0 Å². The number of nitrogens with zero attached hydrogens (tertiary/aromatic N) is 2. The molecule has 3 aromatic rings. The number of nitrogens with one attached hydrogen (secondary N) is 1. The molecule has 3 heterocycles. The summed E-state index contributed by atoms with van der Waals surface area (Å²) < 4.78 is 6.73. The number of amides is 1. The van der Waals surface area contributed by atoms with Crippen molar-refractivity contribution >= 4 is 28.6 Å². The summed E-state index contributed by atoms with van der Waals surface area (Å²) >= 11 is 3.23. The lowest BCUT2D eigenvalue weighted by Crippen LogP contribution is -2.28. The van der Waals surface area contributed by atoms with Gasteiger partial charge in [0.1, 0.15) is 5.56 Å². The van der Waals surface area contributed by atoms with Crippen molar-refractivity contribution in [3.05, 3.63) is 56.5 Å². The lowest BCUT2D eigenvalue weighted by atomic mass is 10.1. The van der Waals surface area contributed by atoms with E-state index in [4.69, 9.17) is 4.74 Å². The summed E-state index contributed by atoms with van der Waals surface area (Å²) in [5.74, 6) is 0.129. The van der Waals surface area contributed by atoms with Crippen molar-refractivity contribution in [2.24, 2.45) is 7.05 Å². The summed E-state index contributed by atoms with van der Waals surface area (Å²) in [6.45, 7) is 0. The molecule has 0 bridgehead atoms. The lowest BCUT2D eigenvalue weighted by molar-refractivity contribution is 0.0940.